The van der Waals surface area contributed by atoms with Crippen LogP contribution >= 0.6 is 11.3 Å². The summed E-state index contributed by atoms with van der Waals surface area (Å²) in [7, 11) is 0. The van der Waals surface area contributed by atoms with Crippen molar-refractivity contribution in [2.75, 3.05) is 31.5 Å². The molecule has 3 amide bonds. The Morgan fingerprint density at radius 3 is 2.30 bits per heavy atom. The van der Waals surface area contributed by atoms with Gasteiger partial charge in [0, 0.05) is 38.3 Å². The Morgan fingerprint density at radius 1 is 0.933 bits per heavy atom. The molecule has 30 heavy (non-hydrogen) atoms. The van der Waals surface area contributed by atoms with Gasteiger partial charge in [-0.1, -0.05) is 29.5 Å². The largest absolute Gasteiger partial charge is 0.343 e. The Hall–Kier alpha value is -2.81. The van der Waals surface area contributed by atoms with Crippen LogP contribution in [0.5, 0.6) is 0 Å². The molecule has 0 aliphatic carbocycles. The predicted octanol–water partition coefficient (Wildman–Crippen LogP) is 2.66. The molecule has 0 radical (unpaired) electrons. The van der Waals surface area contributed by atoms with E-state index in [1.54, 1.807) is 17.0 Å². The molecular formula is C21H25N5O3S. The number of nitrogens with one attached hydrogen (secondary N) is 1. The molecule has 2 aromatic rings. The molecule has 0 saturated carbocycles. The van der Waals surface area contributed by atoms with Crippen molar-refractivity contribution >= 4 is 34.7 Å². The first-order valence-corrected chi connectivity index (χ1v) is 11.2. The summed E-state index contributed by atoms with van der Waals surface area (Å²) in [5.74, 6) is -0.00767. The highest BCUT2D eigenvalue weighted by molar-refractivity contribution is 7.15. The van der Waals surface area contributed by atoms with Gasteiger partial charge in [-0.05, 0) is 43.7 Å². The van der Waals surface area contributed by atoms with E-state index in [1.807, 2.05) is 23.1 Å². The van der Waals surface area contributed by atoms with E-state index in [0.717, 1.165) is 50.1 Å². The highest BCUT2D eigenvalue weighted by atomic mass is 32.1. The molecule has 1 aromatic carbocycles. The molecule has 2 aliphatic rings. The van der Waals surface area contributed by atoms with Crippen LogP contribution in [-0.2, 0) is 4.79 Å². The van der Waals surface area contributed by atoms with Crippen molar-refractivity contribution in [1.29, 1.82) is 0 Å². The lowest BCUT2D eigenvalue weighted by Gasteiger charge is -2.31. The van der Waals surface area contributed by atoms with E-state index in [-0.39, 0.29) is 27.7 Å². The van der Waals surface area contributed by atoms with E-state index in [9.17, 15) is 14.4 Å². The Morgan fingerprint density at radius 2 is 1.60 bits per heavy atom. The summed E-state index contributed by atoms with van der Waals surface area (Å²) in [6.45, 7) is 2.96. The van der Waals surface area contributed by atoms with Gasteiger partial charge in [0.2, 0.25) is 15.9 Å². The van der Waals surface area contributed by atoms with Crippen LogP contribution in [0.4, 0.5) is 5.69 Å². The summed E-state index contributed by atoms with van der Waals surface area (Å²) in [5.41, 5.74) is 0.663. The summed E-state index contributed by atoms with van der Waals surface area (Å²) in [4.78, 5) is 41.1. The lowest BCUT2D eigenvalue weighted by atomic mass is 9.93. The highest BCUT2D eigenvalue weighted by Crippen LogP contribution is 2.24. The van der Waals surface area contributed by atoms with Gasteiger partial charge >= 0.3 is 0 Å². The van der Waals surface area contributed by atoms with Gasteiger partial charge in [0.05, 0.1) is 0 Å². The normalized spacial score (nSPS) is 17.2. The molecule has 3 heterocycles. The second-order valence-electron chi connectivity index (χ2n) is 7.76. The van der Waals surface area contributed by atoms with E-state index in [2.05, 4.69) is 15.5 Å². The van der Waals surface area contributed by atoms with Crippen LogP contribution in [0.15, 0.2) is 30.3 Å². The zero-order valence-corrected chi connectivity index (χ0v) is 17.6. The number of aromatic nitrogens is 2. The number of piperidine rings is 1. The number of benzene rings is 1. The molecule has 158 valence electrons. The average molecular weight is 428 g/mol. The molecule has 1 aromatic heterocycles. The quantitative estimate of drug-likeness (QED) is 0.791. The number of hydrogen-bond donors (Lipinski definition) is 1. The third-order valence-electron chi connectivity index (χ3n) is 5.66. The van der Waals surface area contributed by atoms with Crippen molar-refractivity contribution in [2.24, 2.45) is 5.92 Å². The summed E-state index contributed by atoms with van der Waals surface area (Å²) < 4.78 is 0. The zero-order chi connectivity index (χ0) is 20.9. The van der Waals surface area contributed by atoms with Crippen molar-refractivity contribution in [2.45, 2.75) is 32.1 Å². The minimum atomic E-state index is -0.378. The van der Waals surface area contributed by atoms with Crippen LogP contribution in [0.3, 0.4) is 0 Å². The molecule has 0 atom stereocenters. The number of likely N-dealkylation sites (tertiary alicyclic amines) is 2. The van der Waals surface area contributed by atoms with E-state index in [1.165, 1.54) is 0 Å². The van der Waals surface area contributed by atoms with Crippen molar-refractivity contribution in [3.8, 4) is 0 Å². The van der Waals surface area contributed by atoms with Crippen molar-refractivity contribution in [3.63, 3.8) is 0 Å². The van der Waals surface area contributed by atoms with Gasteiger partial charge in [0.25, 0.3) is 11.8 Å². The summed E-state index contributed by atoms with van der Waals surface area (Å²) in [6, 6.07) is 9.08. The van der Waals surface area contributed by atoms with Crippen molar-refractivity contribution < 1.29 is 14.4 Å². The molecule has 2 fully saturated rings. The molecule has 4 rings (SSSR count). The first-order chi connectivity index (χ1) is 14.6. The number of nitrogens with zero attached hydrogens (tertiary/aromatic N) is 4. The molecule has 2 saturated heterocycles. The van der Waals surface area contributed by atoms with Gasteiger partial charge in [-0.25, -0.2) is 0 Å². The fraction of sp³-hybridized carbons (Fsp3) is 0.476. The Labute approximate surface area is 179 Å². The smallest absolute Gasteiger partial charge is 0.286 e. The van der Waals surface area contributed by atoms with Gasteiger partial charge in [0.15, 0.2) is 0 Å². The maximum atomic E-state index is 12.8. The second kappa shape index (κ2) is 9.34. The minimum absolute atomic E-state index is 0.160. The zero-order valence-electron chi connectivity index (χ0n) is 16.7. The van der Waals surface area contributed by atoms with Crippen molar-refractivity contribution in [1.82, 2.24) is 20.0 Å². The molecular weight excluding hydrogens is 402 g/mol. The van der Waals surface area contributed by atoms with E-state index < -0.39 is 0 Å². The third kappa shape index (κ3) is 4.84. The maximum absolute atomic E-state index is 12.8. The lowest BCUT2D eigenvalue weighted by molar-refractivity contribution is -0.131. The fourth-order valence-corrected chi connectivity index (χ4v) is 4.63. The van der Waals surface area contributed by atoms with Gasteiger partial charge in [0.1, 0.15) is 0 Å². The minimum Gasteiger partial charge on any atom is -0.343 e. The summed E-state index contributed by atoms with van der Waals surface area (Å²) in [5, 5.41) is 10.9. The number of carbonyl (C=O) groups excluding carboxylic acids is 3. The number of rotatable bonds is 5. The number of hydrogen-bond acceptors (Lipinski definition) is 6. The topological polar surface area (TPSA) is 95.5 Å². The van der Waals surface area contributed by atoms with Gasteiger partial charge in [-0.3, -0.25) is 14.4 Å². The Balaban J connectivity index is 1.28. The van der Waals surface area contributed by atoms with Crippen molar-refractivity contribution in [3.05, 3.63) is 40.3 Å². The van der Waals surface area contributed by atoms with Crippen LogP contribution in [0.1, 0.15) is 51.7 Å². The number of para-hydroxylation sites is 1. The molecule has 0 spiro atoms. The monoisotopic (exact) mass is 427 g/mol. The van der Waals surface area contributed by atoms with Gasteiger partial charge < -0.3 is 15.1 Å². The fourth-order valence-electron chi connectivity index (χ4n) is 3.93. The number of anilines is 1. The molecule has 9 heteroatoms. The van der Waals surface area contributed by atoms with E-state index >= 15 is 0 Å². The van der Waals surface area contributed by atoms with Crippen LogP contribution in [-0.4, -0.2) is 63.9 Å². The van der Waals surface area contributed by atoms with Crippen LogP contribution < -0.4 is 5.32 Å². The van der Waals surface area contributed by atoms with E-state index in [4.69, 9.17) is 0 Å². The Bertz CT molecular complexity index is 902. The van der Waals surface area contributed by atoms with Crippen LogP contribution in [0, 0.1) is 5.92 Å². The van der Waals surface area contributed by atoms with Crippen LogP contribution in [0.25, 0.3) is 0 Å². The summed E-state index contributed by atoms with van der Waals surface area (Å²) >= 11 is 1.00. The maximum Gasteiger partial charge on any atom is 0.286 e. The summed E-state index contributed by atoms with van der Waals surface area (Å²) in [6.07, 6.45) is 4.40. The standard InChI is InChI=1S/C21H25N5O3S/c27-17(25-10-4-5-11-25)14-15-8-12-26(13-9-15)21(29)20-24-23-19(30-20)18(28)22-16-6-2-1-3-7-16/h1-3,6-7,15H,4-5,8-14H2,(H,22,28). The highest BCUT2D eigenvalue weighted by Gasteiger charge is 2.29. The van der Waals surface area contributed by atoms with E-state index in [0.29, 0.717) is 31.1 Å². The SMILES string of the molecule is O=C(Nc1ccccc1)c1nnc(C(=O)N2CCC(CC(=O)N3CCCC3)CC2)s1. The first-order valence-electron chi connectivity index (χ1n) is 10.4. The van der Waals surface area contributed by atoms with Crippen LogP contribution in [0.2, 0.25) is 0 Å². The molecule has 8 nitrogen and oxygen atoms in total. The number of carbonyl (C=O) groups is 3. The average Bonchev–Trinajstić information content (AvgIpc) is 3.47. The second-order valence-corrected chi connectivity index (χ2v) is 8.74. The number of amides is 3. The lowest BCUT2D eigenvalue weighted by Crippen LogP contribution is -2.40. The molecule has 0 unspecified atom stereocenters. The van der Waals surface area contributed by atoms with Gasteiger partial charge in [-0.15, -0.1) is 10.2 Å². The molecule has 1 N–H and O–H groups in total. The first kappa shape index (κ1) is 20.5. The predicted molar refractivity (Wildman–Crippen MR) is 113 cm³/mol. The Kier molecular flexibility index (Phi) is 6.37. The molecule has 0 bridgehead atoms. The third-order valence-corrected chi connectivity index (χ3v) is 6.57. The molecule has 2 aliphatic heterocycles. The van der Waals surface area contributed by atoms with Gasteiger partial charge in [-0.2, -0.15) is 0 Å².